The molecule has 0 aliphatic rings. The predicted molar refractivity (Wildman–Crippen MR) is 109 cm³/mol. The van der Waals surface area contributed by atoms with Gasteiger partial charge in [-0.1, -0.05) is 68.7 Å². The fourth-order valence-electron chi connectivity index (χ4n) is 2.55. The van der Waals surface area contributed by atoms with E-state index in [1.807, 2.05) is 67.6 Å². The van der Waals surface area contributed by atoms with E-state index in [1.165, 1.54) is 11.8 Å². The minimum absolute atomic E-state index is 0.545. The monoisotopic (exact) mass is 438 g/mol. The van der Waals surface area contributed by atoms with Gasteiger partial charge in [-0.05, 0) is 37.3 Å². The molecule has 0 bridgehead atoms. The molecule has 2 heterocycles. The maximum Gasteiger partial charge on any atom is 0.237 e. The Morgan fingerprint density at radius 2 is 1.81 bits per heavy atom. The van der Waals surface area contributed by atoms with Crippen molar-refractivity contribution < 1.29 is 4.52 Å². The fourth-order valence-corrected chi connectivity index (χ4v) is 3.60. The van der Waals surface area contributed by atoms with Crippen molar-refractivity contribution in [3.63, 3.8) is 0 Å². The number of nitrogens with zero attached hydrogens (tertiary/aromatic N) is 4. The molecular formula is C20H15BrN4OS. The van der Waals surface area contributed by atoms with Gasteiger partial charge in [0.2, 0.25) is 11.7 Å². The maximum absolute atomic E-state index is 5.35. The van der Waals surface area contributed by atoms with Crippen LogP contribution in [0.1, 0.15) is 11.5 Å². The first-order valence-electron chi connectivity index (χ1n) is 8.29. The van der Waals surface area contributed by atoms with E-state index < -0.39 is 0 Å². The van der Waals surface area contributed by atoms with Crippen molar-refractivity contribution >= 4 is 27.7 Å². The molecule has 0 amide bonds. The minimum Gasteiger partial charge on any atom is -0.338 e. The van der Waals surface area contributed by atoms with Gasteiger partial charge in [-0.15, -0.1) is 10.2 Å². The SMILES string of the molecule is Cc1cccc(-c2noc(CSc3ccc(-c4cccc(Br)c4)nn3)n2)c1. The molecule has 0 aliphatic heterocycles. The number of aromatic nitrogens is 4. The second-order valence-electron chi connectivity index (χ2n) is 5.94. The van der Waals surface area contributed by atoms with Crippen LogP contribution in [0.15, 0.2) is 74.7 Å². The van der Waals surface area contributed by atoms with Crippen LogP contribution in [-0.4, -0.2) is 20.3 Å². The van der Waals surface area contributed by atoms with Gasteiger partial charge in [0.1, 0.15) is 5.03 Å². The normalized spacial score (nSPS) is 10.9. The number of rotatable bonds is 5. The Morgan fingerprint density at radius 1 is 0.963 bits per heavy atom. The first kappa shape index (κ1) is 17.9. The van der Waals surface area contributed by atoms with E-state index in [4.69, 9.17) is 4.52 Å². The summed E-state index contributed by atoms with van der Waals surface area (Å²) < 4.78 is 6.37. The molecule has 0 fully saturated rings. The van der Waals surface area contributed by atoms with Gasteiger partial charge < -0.3 is 4.52 Å². The standard InChI is InChI=1S/C20H15BrN4OS/c1-13-4-2-6-15(10-13)20-22-18(26-25-20)12-27-19-9-8-17(23-24-19)14-5-3-7-16(21)11-14/h2-11H,12H2,1H3. The Kier molecular flexibility index (Phi) is 5.31. The third kappa shape index (κ3) is 4.43. The van der Waals surface area contributed by atoms with Gasteiger partial charge in [-0.25, -0.2) is 0 Å². The van der Waals surface area contributed by atoms with Crippen molar-refractivity contribution in [1.82, 2.24) is 20.3 Å². The largest absolute Gasteiger partial charge is 0.338 e. The molecule has 4 rings (SSSR count). The Bertz CT molecular complexity index is 1070. The van der Waals surface area contributed by atoms with Crippen LogP contribution in [0.3, 0.4) is 0 Å². The van der Waals surface area contributed by atoms with Crippen molar-refractivity contribution in [2.45, 2.75) is 17.7 Å². The van der Waals surface area contributed by atoms with E-state index in [-0.39, 0.29) is 0 Å². The van der Waals surface area contributed by atoms with Gasteiger partial charge in [-0.3, -0.25) is 0 Å². The van der Waals surface area contributed by atoms with E-state index >= 15 is 0 Å². The smallest absolute Gasteiger partial charge is 0.237 e. The van der Waals surface area contributed by atoms with Crippen LogP contribution >= 0.6 is 27.7 Å². The van der Waals surface area contributed by atoms with Crippen LogP contribution in [0, 0.1) is 6.92 Å². The molecule has 27 heavy (non-hydrogen) atoms. The van der Waals surface area contributed by atoms with Gasteiger partial charge in [-0.2, -0.15) is 4.98 Å². The van der Waals surface area contributed by atoms with Crippen LogP contribution < -0.4 is 0 Å². The number of thioether (sulfide) groups is 1. The average Bonchev–Trinajstić information content (AvgIpc) is 3.16. The molecule has 7 heteroatoms. The molecule has 0 saturated carbocycles. The Labute approximate surface area is 169 Å². The van der Waals surface area contributed by atoms with Crippen LogP contribution in [0.4, 0.5) is 0 Å². The highest BCUT2D eigenvalue weighted by Gasteiger charge is 2.10. The van der Waals surface area contributed by atoms with Crippen molar-refractivity contribution in [2.75, 3.05) is 0 Å². The lowest BCUT2D eigenvalue weighted by Crippen LogP contribution is -1.90. The maximum atomic E-state index is 5.35. The van der Waals surface area contributed by atoms with Crippen molar-refractivity contribution in [1.29, 1.82) is 0 Å². The Morgan fingerprint density at radius 3 is 2.59 bits per heavy atom. The first-order valence-corrected chi connectivity index (χ1v) is 10.1. The van der Waals surface area contributed by atoms with Gasteiger partial charge in [0.15, 0.2) is 0 Å². The summed E-state index contributed by atoms with van der Waals surface area (Å²) in [5.74, 6) is 1.71. The van der Waals surface area contributed by atoms with Crippen LogP contribution in [0.2, 0.25) is 0 Å². The topological polar surface area (TPSA) is 64.7 Å². The zero-order chi connectivity index (χ0) is 18.6. The summed E-state index contributed by atoms with van der Waals surface area (Å²) in [5.41, 5.74) is 3.97. The summed E-state index contributed by atoms with van der Waals surface area (Å²) in [6.07, 6.45) is 0. The van der Waals surface area contributed by atoms with Crippen LogP contribution in [0.25, 0.3) is 22.6 Å². The minimum atomic E-state index is 0.545. The molecule has 0 atom stereocenters. The van der Waals surface area contributed by atoms with E-state index in [0.717, 1.165) is 31.9 Å². The number of aryl methyl sites for hydroxylation is 1. The molecular weight excluding hydrogens is 424 g/mol. The van der Waals surface area contributed by atoms with Gasteiger partial charge in [0.25, 0.3) is 0 Å². The number of halogens is 1. The molecule has 2 aromatic heterocycles. The lowest BCUT2D eigenvalue weighted by molar-refractivity contribution is 0.391. The van der Waals surface area contributed by atoms with E-state index in [0.29, 0.717) is 17.5 Å². The highest BCUT2D eigenvalue weighted by molar-refractivity contribution is 9.10. The van der Waals surface area contributed by atoms with Crippen molar-refractivity contribution in [2.24, 2.45) is 0 Å². The molecule has 0 aliphatic carbocycles. The Balaban J connectivity index is 1.42. The van der Waals surface area contributed by atoms with Crippen LogP contribution in [-0.2, 0) is 5.75 Å². The number of benzene rings is 2. The second kappa shape index (κ2) is 8.02. The quantitative estimate of drug-likeness (QED) is 0.380. The number of hydrogen-bond donors (Lipinski definition) is 0. The first-order chi connectivity index (χ1) is 13.2. The highest BCUT2D eigenvalue weighted by atomic mass is 79.9. The molecule has 0 N–H and O–H groups in total. The van der Waals surface area contributed by atoms with Gasteiger partial charge in [0, 0.05) is 15.6 Å². The molecule has 134 valence electrons. The number of hydrogen-bond acceptors (Lipinski definition) is 6. The zero-order valence-corrected chi connectivity index (χ0v) is 16.9. The fraction of sp³-hybridized carbons (Fsp3) is 0.100. The summed E-state index contributed by atoms with van der Waals surface area (Å²) in [6, 6.07) is 19.9. The van der Waals surface area contributed by atoms with Crippen molar-refractivity contribution in [3.05, 3.63) is 76.6 Å². The summed E-state index contributed by atoms with van der Waals surface area (Å²) in [7, 11) is 0. The lowest BCUT2D eigenvalue weighted by atomic mass is 10.1. The Hall–Kier alpha value is -2.51. The summed E-state index contributed by atoms with van der Waals surface area (Å²) in [5, 5.41) is 13.5. The summed E-state index contributed by atoms with van der Waals surface area (Å²) in [6.45, 7) is 2.04. The average molecular weight is 439 g/mol. The molecule has 2 aromatic carbocycles. The molecule has 0 saturated heterocycles. The van der Waals surface area contributed by atoms with Crippen LogP contribution in [0.5, 0.6) is 0 Å². The molecule has 0 radical (unpaired) electrons. The summed E-state index contributed by atoms with van der Waals surface area (Å²) >= 11 is 4.98. The second-order valence-corrected chi connectivity index (χ2v) is 7.85. The zero-order valence-electron chi connectivity index (χ0n) is 14.5. The third-order valence-electron chi connectivity index (χ3n) is 3.85. The highest BCUT2D eigenvalue weighted by Crippen LogP contribution is 2.25. The molecule has 5 nitrogen and oxygen atoms in total. The predicted octanol–water partition coefficient (Wildman–Crippen LogP) is 5.56. The van der Waals surface area contributed by atoms with Gasteiger partial charge >= 0.3 is 0 Å². The molecule has 0 spiro atoms. The van der Waals surface area contributed by atoms with Gasteiger partial charge in [0.05, 0.1) is 11.4 Å². The van der Waals surface area contributed by atoms with E-state index in [2.05, 4.69) is 36.3 Å². The van der Waals surface area contributed by atoms with Crippen molar-refractivity contribution in [3.8, 4) is 22.6 Å². The molecule has 0 unspecified atom stereocenters. The molecule has 4 aromatic rings. The lowest BCUT2D eigenvalue weighted by Gasteiger charge is -2.02. The summed E-state index contributed by atoms with van der Waals surface area (Å²) in [4.78, 5) is 4.46. The third-order valence-corrected chi connectivity index (χ3v) is 5.25. The van der Waals surface area contributed by atoms with E-state index in [1.54, 1.807) is 0 Å². The van der Waals surface area contributed by atoms with E-state index in [9.17, 15) is 0 Å².